The highest BCUT2D eigenvalue weighted by Gasteiger charge is 2.21. The van der Waals surface area contributed by atoms with E-state index in [4.69, 9.17) is 0 Å². The molecule has 0 aliphatic heterocycles. The van der Waals surface area contributed by atoms with Gasteiger partial charge in [0.2, 0.25) is 0 Å². The summed E-state index contributed by atoms with van der Waals surface area (Å²) >= 11 is 0. The fourth-order valence-electron chi connectivity index (χ4n) is 2.02. The van der Waals surface area contributed by atoms with Gasteiger partial charge in [-0.15, -0.1) is 0 Å². The van der Waals surface area contributed by atoms with Crippen LogP contribution in [0.3, 0.4) is 0 Å². The molecule has 0 fully saturated rings. The fourth-order valence-corrected chi connectivity index (χ4v) is 2.02. The van der Waals surface area contributed by atoms with Gasteiger partial charge in [0.05, 0.1) is 12.5 Å². The smallest absolute Gasteiger partial charge is 0.326 e. The first kappa shape index (κ1) is 14.8. The molecule has 0 aliphatic rings. The number of aliphatic carboxylic acids is 1. The van der Waals surface area contributed by atoms with Crippen LogP contribution in [0.15, 0.2) is 42.9 Å². The Bertz CT molecular complexity index is 622. The highest BCUT2D eigenvalue weighted by molar-refractivity contribution is 5.95. The molecule has 1 aromatic carbocycles. The van der Waals surface area contributed by atoms with E-state index in [9.17, 15) is 14.7 Å². The minimum Gasteiger partial charge on any atom is -0.480 e. The monoisotopic (exact) mass is 287 g/mol. The number of carbonyl (C=O) groups is 2. The molecule has 0 bridgehead atoms. The van der Waals surface area contributed by atoms with Crippen molar-refractivity contribution in [1.82, 2.24) is 14.9 Å². The number of carboxylic acids is 1. The van der Waals surface area contributed by atoms with Gasteiger partial charge in [0.25, 0.3) is 5.91 Å². The van der Waals surface area contributed by atoms with Crippen molar-refractivity contribution in [1.29, 1.82) is 0 Å². The largest absolute Gasteiger partial charge is 0.480 e. The molecule has 0 aliphatic carbocycles. The number of carbonyl (C=O) groups excluding carboxylic acids is 1. The highest BCUT2D eigenvalue weighted by Crippen LogP contribution is 2.06. The van der Waals surface area contributed by atoms with Crippen LogP contribution in [0.25, 0.3) is 0 Å². The summed E-state index contributed by atoms with van der Waals surface area (Å²) in [5.74, 6) is -1.48. The Labute approximate surface area is 122 Å². The van der Waals surface area contributed by atoms with Gasteiger partial charge in [0, 0.05) is 7.05 Å². The van der Waals surface area contributed by atoms with Gasteiger partial charge in [-0.3, -0.25) is 4.79 Å². The Kier molecular flexibility index (Phi) is 4.71. The summed E-state index contributed by atoms with van der Waals surface area (Å²) in [6, 6.07) is 8.65. The summed E-state index contributed by atoms with van der Waals surface area (Å²) in [4.78, 5) is 27.1. The molecular formula is C15H17N3O3. The third-order valence-corrected chi connectivity index (χ3v) is 3.22. The molecule has 21 heavy (non-hydrogen) atoms. The van der Waals surface area contributed by atoms with E-state index in [-0.39, 0.29) is 0 Å². The zero-order valence-electron chi connectivity index (χ0n) is 11.7. The molecule has 6 heteroatoms. The first-order valence-electron chi connectivity index (χ1n) is 6.62. The van der Waals surface area contributed by atoms with Crippen LogP contribution < -0.4 is 5.32 Å². The van der Waals surface area contributed by atoms with Gasteiger partial charge in [-0.1, -0.05) is 30.3 Å². The lowest BCUT2D eigenvalue weighted by Gasteiger charge is -2.14. The van der Waals surface area contributed by atoms with E-state index in [1.54, 1.807) is 11.6 Å². The Morgan fingerprint density at radius 3 is 2.62 bits per heavy atom. The maximum Gasteiger partial charge on any atom is 0.326 e. The summed E-state index contributed by atoms with van der Waals surface area (Å²) in [5.41, 5.74) is 1.37. The molecule has 0 saturated heterocycles. The number of imidazole rings is 1. The Morgan fingerprint density at radius 2 is 2.05 bits per heavy atom. The molecule has 6 nitrogen and oxygen atoms in total. The maximum absolute atomic E-state index is 12.0. The molecule has 1 atom stereocenters. The Balaban J connectivity index is 1.98. The lowest BCUT2D eigenvalue weighted by atomic mass is 10.1. The quantitative estimate of drug-likeness (QED) is 0.837. The average molecular weight is 287 g/mol. The molecule has 2 N–H and O–H groups in total. The minimum atomic E-state index is -1.04. The van der Waals surface area contributed by atoms with E-state index in [2.05, 4.69) is 10.3 Å². The maximum atomic E-state index is 12.0. The molecule has 1 amide bonds. The lowest BCUT2D eigenvalue weighted by Crippen LogP contribution is -2.41. The van der Waals surface area contributed by atoms with E-state index in [1.165, 1.54) is 12.5 Å². The van der Waals surface area contributed by atoms with Crippen molar-refractivity contribution in [3.05, 3.63) is 54.1 Å². The average Bonchev–Trinajstić information content (AvgIpc) is 2.90. The molecule has 1 heterocycles. The summed E-state index contributed by atoms with van der Waals surface area (Å²) in [6.07, 6.45) is 3.83. The molecule has 0 saturated carbocycles. The SMILES string of the molecule is Cn1cncc1C(=O)N[C@@H](CCc1ccccc1)C(=O)O. The van der Waals surface area contributed by atoms with E-state index in [0.717, 1.165) is 5.56 Å². The molecule has 2 rings (SSSR count). The predicted molar refractivity (Wildman–Crippen MR) is 76.9 cm³/mol. The van der Waals surface area contributed by atoms with Crippen molar-refractivity contribution in [2.45, 2.75) is 18.9 Å². The van der Waals surface area contributed by atoms with E-state index >= 15 is 0 Å². The van der Waals surface area contributed by atoms with Crippen molar-refractivity contribution in [3.8, 4) is 0 Å². The molecular weight excluding hydrogens is 270 g/mol. The van der Waals surface area contributed by atoms with Crippen LogP contribution in [-0.4, -0.2) is 32.6 Å². The number of amides is 1. The van der Waals surface area contributed by atoms with Crippen LogP contribution in [0.4, 0.5) is 0 Å². The number of aromatic nitrogens is 2. The van der Waals surface area contributed by atoms with Gasteiger partial charge in [-0.2, -0.15) is 0 Å². The number of aryl methyl sites for hydroxylation is 2. The normalized spacial score (nSPS) is 11.9. The first-order chi connectivity index (χ1) is 10.1. The zero-order valence-corrected chi connectivity index (χ0v) is 11.7. The van der Waals surface area contributed by atoms with Gasteiger partial charge < -0.3 is 15.0 Å². The molecule has 0 radical (unpaired) electrons. The zero-order chi connectivity index (χ0) is 15.2. The van der Waals surface area contributed by atoms with Gasteiger partial charge in [-0.25, -0.2) is 9.78 Å². The topological polar surface area (TPSA) is 84.2 Å². The van der Waals surface area contributed by atoms with Crippen LogP contribution in [0, 0.1) is 0 Å². The summed E-state index contributed by atoms with van der Waals surface area (Å²) in [5, 5.41) is 11.8. The van der Waals surface area contributed by atoms with Crippen molar-refractivity contribution < 1.29 is 14.7 Å². The molecule has 1 aromatic heterocycles. The number of nitrogens with zero attached hydrogens (tertiary/aromatic N) is 2. The molecule has 0 spiro atoms. The fraction of sp³-hybridized carbons (Fsp3) is 0.267. The number of hydrogen-bond donors (Lipinski definition) is 2. The first-order valence-corrected chi connectivity index (χ1v) is 6.62. The number of carboxylic acid groups (broad SMARTS) is 1. The highest BCUT2D eigenvalue weighted by atomic mass is 16.4. The predicted octanol–water partition coefficient (Wildman–Crippen LogP) is 1.24. The standard InChI is InChI=1S/C15H17N3O3/c1-18-10-16-9-13(18)14(19)17-12(15(20)21)8-7-11-5-3-2-4-6-11/h2-6,9-10,12H,7-8H2,1H3,(H,17,19)(H,20,21)/t12-/m0/s1. The summed E-state index contributed by atoms with van der Waals surface area (Å²) in [6.45, 7) is 0. The number of benzene rings is 1. The lowest BCUT2D eigenvalue weighted by molar-refractivity contribution is -0.139. The second-order valence-electron chi connectivity index (χ2n) is 4.78. The summed E-state index contributed by atoms with van der Waals surface area (Å²) < 4.78 is 1.55. The number of nitrogens with one attached hydrogen (secondary N) is 1. The third-order valence-electron chi connectivity index (χ3n) is 3.22. The van der Waals surface area contributed by atoms with Gasteiger partial charge in [0.1, 0.15) is 11.7 Å². The Morgan fingerprint density at radius 1 is 1.33 bits per heavy atom. The van der Waals surface area contributed by atoms with E-state index < -0.39 is 17.9 Å². The van der Waals surface area contributed by atoms with Crippen LogP contribution in [0.2, 0.25) is 0 Å². The van der Waals surface area contributed by atoms with Gasteiger partial charge >= 0.3 is 5.97 Å². The van der Waals surface area contributed by atoms with Gasteiger partial charge in [0.15, 0.2) is 0 Å². The van der Waals surface area contributed by atoms with E-state index in [1.807, 2.05) is 30.3 Å². The number of hydrogen-bond acceptors (Lipinski definition) is 3. The second-order valence-corrected chi connectivity index (χ2v) is 4.78. The minimum absolute atomic E-state index is 0.334. The van der Waals surface area contributed by atoms with Crippen molar-refractivity contribution >= 4 is 11.9 Å². The van der Waals surface area contributed by atoms with Crippen molar-refractivity contribution in [3.63, 3.8) is 0 Å². The van der Waals surface area contributed by atoms with E-state index in [0.29, 0.717) is 18.5 Å². The van der Waals surface area contributed by atoms with Crippen molar-refractivity contribution in [2.24, 2.45) is 7.05 Å². The third kappa shape index (κ3) is 3.92. The van der Waals surface area contributed by atoms with Crippen LogP contribution in [0.5, 0.6) is 0 Å². The van der Waals surface area contributed by atoms with Crippen LogP contribution in [0.1, 0.15) is 22.5 Å². The second kappa shape index (κ2) is 6.69. The molecule has 0 unspecified atom stereocenters. The molecule has 110 valence electrons. The van der Waals surface area contributed by atoms with Crippen LogP contribution in [-0.2, 0) is 18.3 Å². The van der Waals surface area contributed by atoms with Crippen LogP contribution >= 0.6 is 0 Å². The summed E-state index contributed by atoms with van der Waals surface area (Å²) in [7, 11) is 1.68. The number of rotatable bonds is 6. The van der Waals surface area contributed by atoms with Gasteiger partial charge in [-0.05, 0) is 18.4 Å². The Hall–Kier alpha value is -2.63. The van der Waals surface area contributed by atoms with Crippen molar-refractivity contribution in [2.75, 3.05) is 0 Å². The molecule has 2 aromatic rings.